The van der Waals surface area contributed by atoms with Gasteiger partial charge in [-0.15, -0.1) is 0 Å². The Morgan fingerprint density at radius 1 is 1.44 bits per heavy atom. The molecule has 0 heterocycles. The van der Waals surface area contributed by atoms with E-state index in [0.29, 0.717) is 0 Å². The minimum Gasteiger partial charge on any atom is -0.493 e. The summed E-state index contributed by atoms with van der Waals surface area (Å²) in [7, 11) is 0. The highest BCUT2D eigenvalue weighted by Crippen LogP contribution is 2.24. The molecule has 0 aromatic heterocycles. The summed E-state index contributed by atoms with van der Waals surface area (Å²) in [6, 6.07) is 3.32. The molecular formula is C10H10N2O6. The van der Waals surface area contributed by atoms with E-state index in [1.54, 1.807) is 0 Å². The number of hydrogen-bond donors (Lipinski definition) is 2. The highest BCUT2D eigenvalue weighted by molar-refractivity contribution is 5.92. The Morgan fingerprint density at radius 2 is 2.11 bits per heavy atom. The molecule has 0 aliphatic rings. The quantitative estimate of drug-likeness (QED) is 0.562. The smallest absolute Gasteiger partial charge is 0.342 e. The van der Waals surface area contributed by atoms with Crippen LogP contribution in [0.4, 0.5) is 5.69 Å². The van der Waals surface area contributed by atoms with Gasteiger partial charge in [-0.05, 0) is 6.07 Å². The van der Waals surface area contributed by atoms with Crippen molar-refractivity contribution in [2.24, 2.45) is 5.73 Å². The number of hydrogen-bond acceptors (Lipinski definition) is 5. The molecule has 1 rings (SSSR count). The molecule has 8 heteroatoms. The number of carboxylic acid groups (broad SMARTS) is 1. The van der Waals surface area contributed by atoms with Crippen molar-refractivity contribution >= 4 is 17.6 Å². The second-order valence-corrected chi connectivity index (χ2v) is 3.31. The number of nitrogens with two attached hydrogens (primary N) is 1. The van der Waals surface area contributed by atoms with Crippen LogP contribution in [0.2, 0.25) is 0 Å². The SMILES string of the molecule is NC(=O)CCOc1ccc([N+](=O)[O-])c(C(=O)O)c1. The van der Waals surface area contributed by atoms with Crippen LogP contribution in [-0.4, -0.2) is 28.5 Å². The number of carbonyl (C=O) groups is 2. The number of carbonyl (C=O) groups excluding carboxylic acids is 1. The van der Waals surface area contributed by atoms with Crippen molar-refractivity contribution in [2.75, 3.05) is 6.61 Å². The van der Waals surface area contributed by atoms with E-state index in [0.717, 1.165) is 12.1 Å². The number of benzene rings is 1. The molecule has 0 bridgehead atoms. The average Bonchev–Trinajstić information content (AvgIpc) is 2.28. The maximum absolute atomic E-state index is 10.8. The third-order valence-electron chi connectivity index (χ3n) is 2.01. The summed E-state index contributed by atoms with van der Waals surface area (Å²) in [6.07, 6.45) is -0.0284. The van der Waals surface area contributed by atoms with Gasteiger partial charge in [0.1, 0.15) is 11.3 Å². The number of amides is 1. The lowest BCUT2D eigenvalue weighted by molar-refractivity contribution is -0.385. The van der Waals surface area contributed by atoms with Crippen LogP contribution in [0.3, 0.4) is 0 Å². The lowest BCUT2D eigenvalue weighted by Crippen LogP contribution is -2.14. The first-order valence-corrected chi connectivity index (χ1v) is 4.84. The predicted molar refractivity (Wildman–Crippen MR) is 59.4 cm³/mol. The monoisotopic (exact) mass is 254 g/mol. The van der Waals surface area contributed by atoms with Crippen molar-refractivity contribution in [1.82, 2.24) is 0 Å². The van der Waals surface area contributed by atoms with Crippen molar-refractivity contribution in [2.45, 2.75) is 6.42 Å². The van der Waals surface area contributed by atoms with E-state index >= 15 is 0 Å². The molecule has 1 aromatic carbocycles. The Morgan fingerprint density at radius 3 is 2.61 bits per heavy atom. The number of primary amides is 1. The third-order valence-corrected chi connectivity index (χ3v) is 2.01. The number of rotatable bonds is 6. The molecule has 0 saturated heterocycles. The molecule has 0 atom stereocenters. The summed E-state index contributed by atoms with van der Waals surface area (Å²) in [4.78, 5) is 31.1. The van der Waals surface area contributed by atoms with E-state index in [-0.39, 0.29) is 18.8 Å². The van der Waals surface area contributed by atoms with Crippen LogP contribution in [0.25, 0.3) is 0 Å². The van der Waals surface area contributed by atoms with Gasteiger partial charge >= 0.3 is 5.97 Å². The molecule has 0 aliphatic carbocycles. The molecule has 0 aliphatic heterocycles. The number of nitrogens with zero attached hydrogens (tertiary/aromatic N) is 1. The van der Waals surface area contributed by atoms with E-state index in [1.807, 2.05) is 0 Å². The van der Waals surface area contributed by atoms with Crippen molar-refractivity contribution < 1.29 is 24.4 Å². The molecule has 96 valence electrons. The highest BCUT2D eigenvalue weighted by Gasteiger charge is 2.20. The minimum atomic E-state index is -1.43. The molecule has 0 spiro atoms. The first-order valence-electron chi connectivity index (χ1n) is 4.84. The zero-order chi connectivity index (χ0) is 13.7. The van der Waals surface area contributed by atoms with Gasteiger partial charge < -0.3 is 15.6 Å². The number of ether oxygens (including phenoxy) is 1. The maximum Gasteiger partial charge on any atom is 0.342 e. The van der Waals surface area contributed by atoms with Gasteiger partial charge in [0, 0.05) is 12.1 Å². The Labute approximate surface area is 101 Å². The lowest BCUT2D eigenvalue weighted by atomic mass is 10.1. The van der Waals surface area contributed by atoms with Crippen molar-refractivity contribution in [1.29, 1.82) is 0 Å². The van der Waals surface area contributed by atoms with E-state index < -0.39 is 28.1 Å². The number of nitro benzene ring substituents is 1. The third kappa shape index (κ3) is 3.44. The van der Waals surface area contributed by atoms with Gasteiger partial charge in [-0.3, -0.25) is 14.9 Å². The molecular weight excluding hydrogens is 244 g/mol. The van der Waals surface area contributed by atoms with E-state index in [1.165, 1.54) is 6.07 Å². The van der Waals surface area contributed by atoms with Gasteiger partial charge in [-0.25, -0.2) is 4.79 Å². The minimum absolute atomic E-state index is 0.0216. The van der Waals surface area contributed by atoms with Crippen LogP contribution in [0.5, 0.6) is 5.75 Å². The second kappa shape index (κ2) is 5.62. The zero-order valence-electron chi connectivity index (χ0n) is 9.16. The summed E-state index contributed by atoms with van der Waals surface area (Å²) >= 11 is 0. The number of carboxylic acids is 1. The van der Waals surface area contributed by atoms with Crippen molar-refractivity contribution in [3.8, 4) is 5.75 Å². The van der Waals surface area contributed by atoms with Gasteiger partial charge in [-0.2, -0.15) is 0 Å². The fourth-order valence-corrected chi connectivity index (χ4v) is 1.20. The number of nitro groups is 1. The first-order chi connectivity index (χ1) is 8.41. The first kappa shape index (κ1) is 13.4. The molecule has 0 unspecified atom stereocenters. The fraction of sp³-hybridized carbons (Fsp3) is 0.200. The second-order valence-electron chi connectivity index (χ2n) is 3.31. The van der Waals surface area contributed by atoms with Gasteiger partial charge in [0.15, 0.2) is 0 Å². The topological polar surface area (TPSA) is 133 Å². The molecule has 0 radical (unpaired) electrons. The zero-order valence-corrected chi connectivity index (χ0v) is 9.16. The summed E-state index contributed by atoms with van der Waals surface area (Å²) < 4.78 is 5.06. The van der Waals surface area contributed by atoms with Crippen LogP contribution in [0, 0.1) is 10.1 Å². The van der Waals surface area contributed by atoms with Crippen LogP contribution >= 0.6 is 0 Å². The normalized spacial score (nSPS) is 9.78. The summed E-state index contributed by atoms with van der Waals surface area (Å²) in [6.45, 7) is -0.0216. The standard InChI is InChI=1S/C10H10N2O6/c11-9(13)3-4-18-6-1-2-8(12(16)17)7(5-6)10(14)15/h1-2,5H,3-4H2,(H2,11,13)(H,14,15). The van der Waals surface area contributed by atoms with Crippen LogP contribution in [-0.2, 0) is 4.79 Å². The largest absolute Gasteiger partial charge is 0.493 e. The molecule has 1 amide bonds. The van der Waals surface area contributed by atoms with Gasteiger partial charge in [0.05, 0.1) is 18.0 Å². The van der Waals surface area contributed by atoms with Crippen molar-refractivity contribution in [3.05, 3.63) is 33.9 Å². The van der Waals surface area contributed by atoms with Gasteiger partial charge in [0.2, 0.25) is 5.91 Å². The van der Waals surface area contributed by atoms with Crippen LogP contribution in [0.1, 0.15) is 16.8 Å². The van der Waals surface area contributed by atoms with E-state index in [4.69, 9.17) is 15.6 Å². The van der Waals surface area contributed by atoms with Gasteiger partial charge in [0.25, 0.3) is 5.69 Å². The Hall–Kier alpha value is -2.64. The highest BCUT2D eigenvalue weighted by atomic mass is 16.6. The van der Waals surface area contributed by atoms with E-state index in [9.17, 15) is 19.7 Å². The van der Waals surface area contributed by atoms with Gasteiger partial charge in [-0.1, -0.05) is 0 Å². The summed E-state index contributed by atoms with van der Waals surface area (Å²) in [5.41, 5.74) is 3.90. The van der Waals surface area contributed by atoms with Crippen LogP contribution in [0.15, 0.2) is 18.2 Å². The lowest BCUT2D eigenvalue weighted by Gasteiger charge is -2.05. The predicted octanol–water partition coefficient (Wildman–Crippen LogP) is 0.547. The summed E-state index contributed by atoms with van der Waals surface area (Å²) in [5, 5.41) is 19.4. The van der Waals surface area contributed by atoms with E-state index in [2.05, 4.69) is 0 Å². The Bertz CT molecular complexity index is 499. The Balaban J connectivity index is 2.90. The molecule has 18 heavy (non-hydrogen) atoms. The Kier molecular flexibility index (Phi) is 4.19. The molecule has 8 nitrogen and oxygen atoms in total. The number of aromatic carboxylic acids is 1. The molecule has 1 aromatic rings. The molecule has 0 fully saturated rings. The van der Waals surface area contributed by atoms with Crippen LogP contribution < -0.4 is 10.5 Å². The molecule has 0 saturated carbocycles. The molecule has 3 N–H and O–H groups in total. The fourth-order valence-electron chi connectivity index (χ4n) is 1.20. The average molecular weight is 254 g/mol. The maximum atomic E-state index is 10.8. The summed E-state index contributed by atoms with van der Waals surface area (Å²) in [5.74, 6) is -1.86. The van der Waals surface area contributed by atoms with Crippen molar-refractivity contribution in [3.63, 3.8) is 0 Å².